The van der Waals surface area contributed by atoms with E-state index in [1.54, 1.807) is 18.2 Å². The normalized spacial score (nSPS) is 10.0. The SMILES string of the molecule is CCOCCOc1c(OC)cccc1-c1c(C#N)c(N)[nH]c(=O)c1C#N. The van der Waals surface area contributed by atoms with Crippen LogP contribution in [0.1, 0.15) is 18.1 Å². The Morgan fingerprint density at radius 3 is 2.54 bits per heavy atom. The second-order valence-electron chi connectivity index (χ2n) is 5.10. The highest BCUT2D eigenvalue weighted by molar-refractivity contribution is 5.84. The number of rotatable bonds is 7. The van der Waals surface area contributed by atoms with Gasteiger partial charge in [-0.25, -0.2) is 0 Å². The predicted molar refractivity (Wildman–Crippen MR) is 94.9 cm³/mol. The Morgan fingerprint density at radius 2 is 1.92 bits per heavy atom. The third kappa shape index (κ3) is 3.61. The average Bonchev–Trinajstić information content (AvgIpc) is 2.64. The molecular formula is C18H18N4O4. The number of ether oxygens (including phenoxy) is 3. The van der Waals surface area contributed by atoms with Crippen molar-refractivity contribution in [3.63, 3.8) is 0 Å². The smallest absolute Gasteiger partial charge is 0.268 e. The number of nitrogens with zero attached hydrogens (tertiary/aromatic N) is 2. The van der Waals surface area contributed by atoms with E-state index in [2.05, 4.69) is 4.98 Å². The highest BCUT2D eigenvalue weighted by atomic mass is 16.5. The lowest BCUT2D eigenvalue weighted by atomic mass is 9.95. The lowest BCUT2D eigenvalue weighted by Gasteiger charge is -2.17. The molecule has 2 aromatic rings. The molecule has 0 fully saturated rings. The number of aromatic nitrogens is 1. The highest BCUT2D eigenvalue weighted by Gasteiger charge is 2.23. The minimum atomic E-state index is -0.679. The van der Waals surface area contributed by atoms with E-state index in [1.165, 1.54) is 7.11 Å². The molecule has 0 saturated heterocycles. The van der Waals surface area contributed by atoms with Gasteiger partial charge in [0.25, 0.3) is 5.56 Å². The first-order chi connectivity index (χ1) is 12.6. The molecule has 0 saturated carbocycles. The van der Waals surface area contributed by atoms with Crippen LogP contribution < -0.4 is 20.8 Å². The number of nitrogens with one attached hydrogen (secondary N) is 1. The van der Waals surface area contributed by atoms with Crippen molar-refractivity contribution in [2.45, 2.75) is 6.92 Å². The maximum atomic E-state index is 12.1. The fourth-order valence-corrected chi connectivity index (χ4v) is 2.48. The van der Waals surface area contributed by atoms with Gasteiger partial charge in [-0.2, -0.15) is 10.5 Å². The van der Waals surface area contributed by atoms with Crippen LogP contribution in [0.2, 0.25) is 0 Å². The summed E-state index contributed by atoms with van der Waals surface area (Å²) in [6.07, 6.45) is 0. The fourth-order valence-electron chi connectivity index (χ4n) is 2.48. The quantitative estimate of drug-likeness (QED) is 0.724. The average molecular weight is 354 g/mol. The third-order valence-electron chi connectivity index (χ3n) is 3.61. The number of H-pyrrole nitrogens is 1. The van der Waals surface area contributed by atoms with Gasteiger partial charge in [-0.1, -0.05) is 12.1 Å². The van der Waals surface area contributed by atoms with Crippen LogP contribution >= 0.6 is 0 Å². The van der Waals surface area contributed by atoms with Crippen molar-refractivity contribution in [3.8, 4) is 34.8 Å². The number of methoxy groups -OCH3 is 1. The van der Waals surface area contributed by atoms with E-state index in [9.17, 15) is 15.3 Å². The molecule has 0 spiro atoms. The molecular weight excluding hydrogens is 336 g/mol. The van der Waals surface area contributed by atoms with Gasteiger partial charge in [-0.05, 0) is 13.0 Å². The van der Waals surface area contributed by atoms with E-state index in [4.69, 9.17) is 19.9 Å². The van der Waals surface area contributed by atoms with E-state index in [0.29, 0.717) is 30.3 Å². The van der Waals surface area contributed by atoms with Crippen LogP contribution in [-0.4, -0.2) is 31.9 Å². The zero-order valence-electron chi connectivity index (χ0n) is 14.5. The maximum Gasteiger partial charge on any atom is 0.268 e. The summed E-state index contributed by atoms with van der Waals surface area (Å²) in [4.78, 5) is 14.5. The summed E-state index contributed by atoms with van der Waals surface area (Å²) in [7, 11) is 1.47. The fraction of sp³-hybridized carbons (Fsp3) is 0.278. The Hall–Kier alpha value is -3.49. The summed E-state index contributed by atoms with van der Waals surface area (Å²) in [6.45, 7) is 2.99. The zero-order valence-corrected chi connectivity index (χ0v) is 14.5. The van der Waals surface area contributed by atoms with E-state index in [1.807, 2.05) is 19.1 Å². The van der Waals surface area contributed by atoms with Gasteiger partial charge in [0.1, 0.15) is 35.7 Å². The summed E-state index contributed by atoms with van der Waals surface area (Å²) in [6, 6.07) is 8.75. The maximum absolute atomic E-state index is 12.1. The van der Waals surface area contributed by atoms with Gasteiger partial charge in [-0.15, -0.1) is 0 Å². The predicted octanol–water partition coefficient (Wildman–Crippen LogP) is 1.79. The first-order valence-corrected chi connectivity index (χ1v) is 7.82. The van der Waals surface area contributed by atoms with Gasteiger partial charge in [0.2, 0.25) is 0 Å². The number of pyridine rings is 1. The molecule has 134 valence electrons. The molecule has 0 atom stereocenters. The van der Waals surface area contributed by atoms with Crippen LogP contribution in [0.25, 0.3) is 11.1 Å². The number of nitrogen functional groups attached to an aromatic ring is 1. The molecule has 3 N–H and O–H groups in total. The van der Waals surface area contributed by atoms with Crippen molar-refractivity contribution in [2.24, 2.45) is 0 Å². The van der Waals surface area contributed by atoms with Crippen molar-refractivity contribution in [2.75, 3.05) is 32.7 Å². The summed E-state index contributed by atoms with van der Waals surface area (Å²) < 4.78 is 16.4. The Labute approximate surface area is 150 Å². The molecule has 1 aromatic heterocycles. The topological polar surface area (TPSA) is 134 Å². The molecule has 1 aromatic carbocycles. The number of nitriles is 2. The first kappa shape index (κ1) is 18.8. The van der Waals surface area contributed by atoms with E-state index in [-0.39, 0.29) is 29.1 Å². The lowest BCUT2D eigenvalue weighted by molar-refractivity contribution is 0.109. The molecule has 0 aliphatic rings. The Morgan fingerprint density at radius 1 is 1.19 bits per heavy atom. The minimum absolute atomic E-state index is 0.0101. The number of nitrogens with two attached hydrogens (primary N) is 1. The molecule has 0 amide bonds. The lowest BCUT2D eigenvalue weighted by Crippen LogP contribution is -2.17. The van der Waals surface area contributed by atoms with Crippen molar-refractivity contribution in [1.82, 2.24) is 4.98 Å². The molecule has 0 aliphatic carbocycles. The Balaban J connectivity index is 2.71. The number of hydrogen-bond donors (Lipinski definition) is 2. The van der Waals surface area contributed by atoms with Crippen molar-refractivity contribution in [3.05, 3.63) is 39.7 Å². The van der Waals surface area contributed by atoms with Crippen molar-refractivity contribution >= 4 is 5.82 Å². The molecule has 0 bridgehead atoms. The van der Waals surface area contributed by atoms with Crippen molar-refractivity contribution in [1.29, 1.82) is 10.5 Å². The van der Waals surface area contributed by atoms with Gasteiger partial charge in [0.15, 0.2) is 11.5 Å². The number of aromatic amines is 1. The largest absolute Gasteiger partial charge is 0.493 e. The first-order valence-electron chi connectivity index (χ1n) is 7.82. The van der Waals surface area contributed by atoms with Crippen LogP contribution in [0, 0.1) is 22.7 Å². The van der Waals surface area contributed by atoms with Crippen LogP contribution in [0.15, 0.2) is 23.0 Å². The number of anilines is 1. The van der Waals surface area contributed by atoms with Crippen LogP contribution in [0.3, 0.4) is 0 Å². The van der Waals surface area contributed by atoms with E-state index < -0.39 is 5.56 Å². The molecule has 8 heteroatoms. The number of benzene rings is 1. The number of para-hydroxylation sites is 1. The van der Waals surface area contributed by atoms with Crippen LogP contribution in [0.5, 0.6) is 11.5 Å². The standard InChI is InChI=1S/C18H18N4O4/c1-3-25-7-8-26-16-11(5-4-6-14(16)24-2)15-12(9-19)17(21)22-18(23)13(15)10-20/h4-6H,3,7-8H2,1-2H3,(H3,21,22,23). The summed E-state index contributed by atoms with van der Waals surface area (Å²) >= 11 is 0. The summed E-state index contributed by atoms with van der Waals surface area (Å²) in [5.41, 5.74) is 5.34. The highest BCUT2D eigenvalue weighted by Crippen LogP contribution is 2.40. The Bertz CT molecular complexity index is 938. The van der Waals surface area contributed by atoms with Gasteiger partial charge in [-0.3, -0.25) is 4.79 Å². The Kier molecular flexibility index (Phi) is 6.20. The molecule has 8 nitrogen and oxygen atoms in total. The van der Waals surface area contributed by atoms with Gasteiger partial charge >= 0.3 is 0 Å². The van der Waals surface area contributed by atoms with Gasteiger partial charge in [0, 0.05) is 17.7 Å². The summed E-state index contributed by atoms with van der Waals surface area (Å²) in [5, 5.41) is 18.9. The molecule has 0 aliphatic heterocycles. The van der Waals surface area contributed by atoms with Crippen molar-refractivity contribution < 1.29 is 14.2 Å². The number of hydrogen-bond acceptors (Lipinski definition) is 7. The molecule has 2 rings (SSSR count). The van der Waals surface area contributed by atoms with Gasteiger partial charge in [0.05, 0.1) is 13.7 Å². The van der Waals surface area contributed by atoms with Gasteiger partial charge < -0.3 is 24.9 Å². The second kappa shape index (κ2) is 8.56. The van der Waals surface area contributed by atoms with E-state index in [0.717, 1.165) is 0 Å². The monoisotopic (exact) mass is 354 g/mol. The second-order valence-corrected chi connectivity index (χ2v) is 5.10. The molecule has 0 radical (unpaired) electrons. The van der Waals surface area contributed by atoms with Crippen LogP contribution in [0.4, 0.5) is 5.82 Å². The zero-order chi connectivity index (χ0) is 19.1. The van der Waals surface area contributed by atoms with Crippen LogP contribution in [-0.2, 0) is 4.74 Å². The third-order valence-corrected chi connectivity index (χ3v) is 3.61. The molecule has 0 unspecified atom stereocenters. The summed E-state index contributed by atoms with van der Waals surface area (Å²) in [5.74, 6) is 0.577. The molecule has 26 heavy (non-hydrogen) atoms. The molecule has 1 heterocycles. The van der Waals surface area contributed by atoms with E-state index >= 15 is 0 Å². The minimum Gasteiger partial charge on any atom is -0.493 e.